The molecule has 0 spiro atoms. The molecule has 0 aromatic carbocycles. The van der Waals surface area contributed by atoms with Gasteiger partial charge in [0.25, 0.3) is 0 Å². The summed E-state index contributed by atoms with van der Waals surface area (Å²) in [5.74, 6) is 2.62. The Hall–Kier alpha value is -0.530. The summed E-state index contributed by atoms with van der Waals surface area (Å²) in [5, 5.41) is 0. The van der Waals surface area contributed by atoms with Gasteiger partial charge in [-0.15, -0.1) is 0 Å². The van der Waals surface area contributed by atoms with Gasteiger partial charge in [-0.1, -0.05) is 0 Å². The highest BCUT2D eigenvalue weighted by Gasteiger charge is 2.45. The molecule has 0 N–H and O–H groups in total. The monoisotopic (exact) mass is 151 g/mol. The molecule has 1 amide bonds. The van der Waals surface area contributed by atoms with Crippen LogP contribution in [0, 0.1) is 17.8 Å². The molecule has 4 aliphatic rings. The number of nitrogens with zero attached hydrogens (tertiary/aromatic N) is 1. The fraction of sp³-hybridized carbons (Fsp3) is 0.889. The van der Waals surface area contributed by atoms with Gasteiger partial charge in [0.15, 0.2) is 0 Å². The molecule has 2 unspecified atom stereocenters. The lowest BCUT2D eigenvalue weighted by Gasteiger charge is -2.50. The van der Waals surface area contributed by atoms with E-state index in [9.17, 15) is 4.79 Å². The third-order valence-electron chi connectivity index (χ3n) is 3.52. The minimum Gasteiger partial charge on any atom is -0.342 e. The molecule has 4 bridgehead atoms. The molecular weight excluding hydrogens is 138 g/mol. The van der Waals surface area contributed by atoms with Crippen molar-refractivity contribution in [2.45, 2.75) is 19.3 Å². The van der Waals surface area contributed by atoms with Crippen LogP contribution in [0.1, 0.15) is 19.3 Å². The van der Waals surface area contributed by atoms with Crippen LogP contribution >= 0.6 is 0 Å². The van der Waals surface area contributed by atoms with E-state index in [2.05, 4.69) is 4.90 Å². The zero-order valence-electron chi connectivity index (χ0n) is 6.62. The highest BCUT2D eigenvalue weighted by atomic mass is 16.2. The topological polar surface area (TPSA) is 20.3 Å². The Bertz CT molecular complexity index is 182. The molecule has 2 atom stereocenters. The van der Waals surface area contributed by atoms with Crippen molar-refractivity contribution in [1.82, 2.24) is 4.90 Å². The average Bonchev–Trinajstić information content (AvgIpc) is 1.98. The molecular formula is C9H13NO. The molecule has 0 aromatic heterocycles. The predicted molar refractivity (Wildman–Crippen MR) is 40.9 cm³/mol. The van der Waals surface area contributed by atoms with Gasteiger partial charge in [0.2, 0.25) is 5.91 Å². The molecule has 0 radical (unpaired) electrons. The van der Waals surface area contributed by atoms with Gasteiger partial charge >= 0.3 is 0 Å². The summed E-state index contributed by atoms with van der Waals surface area (Å²) in [7, 11) is 0. The predicted octanol–water partition coefficient (Wildman–Crippen LogP) is 0.875. The van der Waals surface area contributed by atoms with E-state index in [0.29, 0.717) is 11.8 Å². The van der Waals surface area contributed by atoms with E-state index in [1.807, 2.05) is 0 Å². The Morgan fingerprint density at radius 1 is 1.09 bits per heavy atom. The fourth-order valence-corrected chi connectivity index (χ4v) is 3.20. The number of hydrogen-bond donors (Lipinski definition) is 0. The number of carbonyl (C=O) groups excluding carboxylic acids is 1. The largest absolute Gasteiger partial charge is 0.342 e. The highest BCUT2D eigenvalue weighted by molar-refractivity contribution is 5.80. The third kappa shape index (κ3) is 0.700. The number of hydrogen-bond acceptors (Lipinski definition) is 1. The summed E-state index contributed by atoms with van der Waals surface area (Å²) in [4.78, 5) is 13.6. The van der Waals surface area contributed by atoms with Crippen LogP contribution in [-0.4, -0.2) is 23.9 Å². The van der Waals surface area contributed by atoms with Crippen LogP contribution in [0.15, 0.2) is 0 Å². The molecule has 60 valence electrons. The zero-order valence-corrected chi connectivity index (χ0v) is 6.62. The molecule has 11 heavy (non-hydrogen) atoms. The molecule has 0 aromatic rings. The SMILES string of the molecule is O=C1C2CC3CC(C2)CN1C3. The van der Waals surface area contributed by atoms with Crippen LogP contribution in [-0.2, 0) is 4.79 Å². The van der Waals surface area contributed by atoms with Gasteiger partial charge in [0.05, 0.1) is 0 Å². The van der Waals surface area contributed by atoms with Gasteiger partial charge in [-0.3, -0.25) is 4.79 Å². The Morgan fingerprint density at radius 3 is 2.27 bits per heavy atom. The van der Waals surface area contributed by atoms with E-state index in [1.54, 1.807) is 0 Å². The second-order valence-electron chi connectivity index (χ2n) is 4.38. The molecule has 3 aliphatic heterocycles. The molecule has 3 heterocycles. The lowest BCUT2D eigenvalue weighted by atomic mass is 9.68. The maximum absolute atomic E-state index is 11.5. The Labute approximate surface area is 66.6 Å². The number of amides is 1. The van der Waals surface area contributed by atoms with Gasteiger partial charge in [-0.05, 0) is 31.1 Å². The van der Waals surface area contributed by atoms with Gasteiger partial charge < -0.3 is 4.90 Å². The first-order valence-corrected chi connectivity index (χ1v) is 4.61. The van der Waals surface area contributed by atoms with E-state index in [0.717, 1.165) is 24.9 Å². The van der Waals surface area contributed by atoms with Gasteiger partial charge in [-0.25, -0.2) is 0 Å². The summed E-state index contributed by atoms with van der Waals surface area (Å²) in [6.07, 6.45) is 3.80. The van der Waals surface area contributed by atoms with Crippen molar-refractivity contribution in [3.8, 4) is 0 Å². The molecule has 1 saturated carbocycles. The van der Waals surface area contributed by atoms with Crippen molar-refractivity contribution in [2.75, 3.05) is 13.1 Å². The molecule has 2 nitrogen and oxygen atoms in total. The summed E-state index contributed by atoms with van der Waals surface area (Å²) in [6.45, 7) is 2.15. The standard InChI is InChI=1S/C9H13NO/c11-9-8-2-6-1-7(3-8)5-10(9)4-6/h6-8H,1-5H2. The Balaban J connectivity index is 1.96. The smallest absolute Gasteiger partial charge is 0.225 e. The van der Waals surface area contributed by atoms with Crippen LogP contribution in [0.25, 0.3) is 0 Å². The molecule has 4 fully saturated rings. The van der Waals surface area contributed by atoms with Crippen molar-refractivity contribution in [3.05, 3.63) is 0 Å². The van der Waals surface area contributed by atoms with E-state index in [4.69, 9.17) is 0 Å². The lowest BCUT2D eigenvalue weighted by molar-refractivity contribution is -0.152. The first kappa shape index (κ1) is 6.04. The van der Waals surface area contributed by atoms with Crippen LogP contribution in [0.3, 0.4) is 0 Å². The summed E-state index contributed by atoms with van der Waals surface area (Å²) in [6, 6.07) is 0. The fourth-order valence-electron chi connectivity index (χ4n) is 3.20. The Morgan fingerprint density at radius 2 is 1.73 bits per heavy atom. The lowest BCUT2D eigenvalue weighted by Crippen LogP contribution is -2.56. The van der Waals surface area contributed by atoms with Crippen molar-refractivity contribution >= 4 is 5.91 Å². The summed E-state index contributed by atoms with van der Waals surface area (Å²) >= 11 is 0. The normalized spacial score (nSPS) is 47.1. The van der Waals surface area contributed by atoms with E-state index in [1.165, 1.54) is 19.3 Å². The van der Waals surface area contributed by atoms with Gasteiger partial charge in [0, 0.05) is 19.0 Å². The average molecular weight is 151 g/mol. The van der Waals surface area contributed by atoms with Crippen molar-refractivity contribution in [1.29, 1.82) is 0 Å². The van der Waals surface area contributed by atoms with Crippen molar-refractivity contribution < 1.29 is 4.79 Å². The number of carbonyl (C=O) groups is 1. The van der Waals surface area contributed by atoms with Crippen LogP contribution in [0.2, 0.25) is 0 Å². The zero-order chi connectivity index (χ0) is 7.42. The van der Waals surface area contributed by atoms with E-state index < -0.39 is 0 Å². The van der Waals surface area contributed by atoms with Crippen molar-refractivity contribution in [2.24, 2.45) is 17.8 Å². The van der Waals surface area contributed by atoms with E-state index >= 15 is 0 Å². The first-order valence-electron chi connectivity index (χ1n) is 4.61. The minimum atomic E-state index is 0.432. The quantitative estimate of drug-likeness (QED) is 0.503. The van der Waals surface area contributed by atoms with Crippen LogP contribution in [0.4, 0.5) is 0 Å². The summed E-state index contributed by atoms with van der Waals surface area (Å²) < 4.78 is 0. The van der Waals surface area contributed by atoms with E-state index in [-0.39, 0.29) is 0 Å². The maximum atomic E-state index is 11.5. The first-order chi connectivity index (χ1) is 5.33. The molecule has 4 rings (SSSR count). The second-order valence-corrected chi connectivity index (χ2v) is 4.38. The number of piperidine rings is 3. The molecule has 3 saturated heterocycles. The molecule has 1 aliphatic carbocycles. The molecule has 2 heteroatoms. The second kappa shape index (κ2) is 1.79. The van der Waals surface area contributed by atoms with Gasteiger partial charge in [-0.2, -0.15) is 0 Å². The highest BCUT2D eigenvalue weighted by Crippen LogP contribution is 2.43. The van der Waals surface area contributed by atoms with Gasteiger partial charge in [0.1, 0.15) is 0 Å². The Kier molecular flexibility index (Phi) is 0.984. The summed E-state index contributed by atoms with van der Waals surface area (Å²) in [5.41, 5.74) is 0. The van der Waals surface area contributed by atoms with Crippen LogP contribution < -0.4 is 0 Å². The maximum Gasteiger partial charge on any atom is 0.225 e. The number of rotatable bonds is 0. The van der Waals surface area contributed by atoms with Crippen LogP contribution in [0.5, 0.6) is 0 Å². The minimum absolute atomic E-state index is 0.432. The van der Waals surface area contributed by atoms with Crippen molar-refractivity contribution in [3.63, 3.8) is 0 Å². The third-order valence-corrected chi connectivity index (χ3v) is 3.52.